The van der Waals surface area contributed by atoms with Gasteiger partial charge in [0.15, 0.2) is 0 Å². The van der Waals surface area contributed by atoms with E-state index in [1.807, 2.05) is 74.0 Å². The third-order valence-corrected chi connectivity index (χ3v) is 5.01. The summed E-state index contributed by atoms with van der Waals surface area (Å²) in [5.41, 5.74) is 5.01. The van der Waals surface area contributed by atoms with E-state index in [1.165, 1.54) is 0 Å². The number of aromatic nitrogens is 2. The molecule has 146 valence electrons. The van der Waals surface area contributed by atoms with E-state index in [2.05, 4.69) is 10.4 Å². The summed E-state index contributed by atoms with van der Waals surface area (Å²) < 4.78 is 1.83. The summed E-state index contributed by atoms with van der Waals surface area (Å²) in [6.45, 7) is 6.22. The van der Waals surface area contributed by atoms with Crippen molar-refractivity contribution in [3.63, 3.8) is 0 Å². The smallest absolute Gasteiger partial charge is 0.266 e. The molecule has 3 aromatic rings. The van der Waals surface area contributed by atoms with E-state index in [4.69, 9.17) is 11.6 Å². The third kappa shape index (κ3) is 4.74. The molecule has 0 saturated carbocycles. The second-order valence-electron chi connectivity index (χ2n) is 6.83. The molecule has 1 heterocycles. The quantitative estimate of drug-likeness (QED) is 0.477. The summed E-state index contributed by atoms with van der Waals surface area (Å²) in [4.78, 5) is 12.6. The molecule has 1 aromatic heterocycles. The predicted octanol–water partition coefficient (Wildman–Crippen LogP) is 5.06. The van der Waals surface area contributed by atoms with E-state index in [-0.39, 0.29) is 5.57 Å². The highest BCUT2D eigenvalue weighted by Gasteiger charge is 2.15. The maximum absolute atomic E-state index is 12.6. The van der Waals surface area contributed by atoms with Crippen LogP contribution in [-0.2, 0) is 11.3 Å². The van der Waals surface area contributed by atoms with Crippen LogP contribution >= 0.6 is 11.6 Å². The van der Waals surface area contributed by atoms with Crippen molar-refractivity contribution in [2.45, 2.75) is 27.3 Å². The first kappa shape index (κ1) is 20.4. The molecule has 6 heteroatoms. The van der Waals surface area contributed by atoms with Crippen molar-refractivity contribution in [2.75, 3.05) is 5.32 Å². The molecule has 2 aromatic carbocycles. The van der Waals surface area contributed by atoms with Crippen LogP contribution in [0.3, 0.4) is 0 Å². The van der Waals surface area contributed by atoms with Crippen molar-refractivity contribution >= 4 is 29.3 Å². The maximum atomic E-state index is 12.6. The number of aryl methyl sites for hydroxylation is 2. The molecule has 1 amide bonds. The largest absolute Gasteiger partial charge is 0.321 e. The van der Waals surface area contributed by atoms with Crippen molar-refractivity contribution < 1.29 is 4.79 Å². The second-order valence-corrected chi connectivity index (χ2v) is 7.23. The van der Waals surface area contributed by atoms with Crippen molar-refractivity contribution in [3.05, 3.63) is 87.2 Å². The van der Waals surface area contributed by atoms with Crippen molar-refractivity contribution in [1.82, 2.24) is 9.78 Å². The predicted molar refractivity (Wildman–Crippen MR) is 116 cm³/mol. The van der Waals surface area contributed by atoms with Crippen molar-refractivity contribution in [1.29, 1.82) is 5.26 Å². The minimum Gasteiger partial charge on any atom is -0.321 e. The lowest BCUT2D eigenvalue weighted by atomic mass is 10.1. The number of hydrogen-bond donors (Lipinski definition) is 1. The highest BCUT2D eigenvalue weighted by molar-refractivity contribution is 6.31. The van der Waals surface area contributed by atoms with E-state index in [0.717, 1.165) is 28.1 Å². The molecular formula is C23H21ClN4O. The zero-order valence-electron chi connectivity index (χ0n) is 16.5. The van der Waals surface area contributed by atoms with Crippen LogP contribution in [0.25, 0.3) is 6.08 Å². The standard InChI is InChI=1S/C23H21ClN4O/c1-15-7-6-9-20(11-15)26-23(29)19(13-25)12-21-16(2)27-28(17(21)3)14-18-8-4-5-10-22(18)24/h4-12H,14H2,1-3H3,(H,26,29)/b19-12+. The number of benzene rings is 2. The van der Waals surface area contributed by atoms with Crippen LogP contribution in [0.1, 0.15) is 28.1 Å². The Hall–Kier alpha value is -3.36. The fourth-order valence-corrected chi connectivity index (χ4v) is 3.27. The summed E-state index contributed by atoms with van der Waals surface area (Å²) >= 11 is 6.26. The Bertz CT molecular complexity index is 1140. The highest BCUT2D eigenvalue weighted by Crippen LogP contribution is 2.21. The molecule has 0 bridgehead atoms. The minimum atomic E-state index is -0.448. The summed E-state index contributed by atoms with van der Waals surface area (Å²) in [5, 5.41) is 17.5. The van der Waals surface area contributed by atoms with Gasteiger partial charge in [-0.25, -0.2) is 0 Å². The Morgan fingerprint density at radius 1 is 1.21 bits per heavy atom. The summed E-state index contributed by atoms with van der Waals surface area (Å²) in [6, 6.07) is 17.0. The number of amides is 1. The van der Waals surface area contributed by atoms with Crippen LogP contribution in [0.15, 0.2) is 54.1 Å². The molecule has 0 unspecified atom stereocenters. The second kappa shape index (κ2) is 8.76. The average Bonchev–Trinajstić information content (AvgIpc) is 2.94. The Morgan fingerprint density at radius 3 is 2.66 bits per heavy atom. The zero-order chi connectivity index (χ0) is 21.0. The molecule has 5 nitrogen and oxygen atoms in total. The highest BCUT2D eigenvalue weighted by atomic mass is 35.5. The van der Waals surface area contributed by atoms with Crippen molar-refractivity contribution in [3.8, 4) is 6.07 Å². The van der Waals surface area contributed by atoms with E-state index in [0.29, 0.717) is 17.3 Å². The van der Waals surface area contributed by atoms with Gasteiger partial charge in [-0.15, -0.1) is 0 Å². The SMILES string of the molecule is Cc1cccc(NC(=O)/C(C#N)=C/c2c(C)nn(Cc3ccccc3Cl)c2C)c1. The molecule has 0 fully saturated rings. The number of nitrogens with one attached hydrogen (secondary N) is 1. The lowest BCUT2D eigenvalue weighted by molar-refractivity contribution is -0.112. The fourth-order valence-electron chi connectivity index (χ4n) is 3.08. The normalized spacial score (nSPS) is 11.2. The van der Waals surface area contributed by atoms with Gasteiger partial charge in [-0.2, -0.15) is 10.4 Å². The van der Waals surface area contributed by atoms with E-state index in [9.17, 15) is 10.1 Å². The maximum Gasteiger partial charge on any atom is 0.266 e. The minimum absolute atomic E-state index is 0.0231. The Kier molecular flexibility index (Phi) is 6.16. The number of rotatable bonds is 5. The molecule has 0 atom stereocenters. The van der Waals surface area contributed by atoms with Gasteiger partial charge in [-0.3, -0.25) is 9.48 Å². The molecule has 0 saturated heterocycles. The topological polar surface area (TPSA) is 70.7 Å². The van der Waals surface area contributed by atoms with Gasteiger partial charge in [-0.1, -0.05) is 41.9 Å². The van der Waals surface area contributed by atoms with Gasteiger partial charge in [-0.05, 0) is 56.2 Å². The monoisotopic (exact) mass is 404 g/mol. The third-order valence-electron chi connectivity index (χ3n) is 4.65. The molecule has 0 aliphatic heterocycles. The Morgan fingerprint density at radius 2 is 1.97 bits per heavy atom. The first-order valence-electron chi connectivity index (χ1n) is 9.16. The molecule has 1 N–H and O–H groups in total. The number of halogens is 1. The number of nitrogens with zero attached hydrogens (tertiary/aromatic N) is 3. The van der Waals surface area contributed by atoms with Crippen LogP contribution in [0.4, 0.5) is 5.69 Å². The molecule has 0 spiro atoms. The van der Waals surface area contributed by atoms with E-state index >= 15 is 0 Å². The summed E-state index contributed by atoms with van der Waals surface area (Å²) in [5.74, 6) is -0.448. The van der Waals surface area contributed by atoms with Gasteiger partial charge in [0, 0.05) is 22.0 Å². The van der Waals surface area contributed by atoms with Gasteiger partial charge in [0.05, 0.1) is 12.2 Å². The van der Waals surface area contributed by atoms with Gasteiger partial charge in [0.2, 0.25) is 0 Å². The number of anilines is 1. The van der Waals surface area contributed by atoms with Gasteiger partial charge >= 0.3 is 0 Å². The summed E-state index contributed by atoms with van der Waals surface area (Å²) in [7, 11) is 0. The van der Waals surface area contributed by atoms with Crippen LogP contribution in [0, 0.1) is 32.1 Å². The lowest BCUT2D eigenvalue weighted by Crippen LogP contribution is -2.13. The molecule has 29 heavy (non-hydrogen) atoms. The Labute approximate surface area is 175 Å². The van der Waals surface area contributed by atoms with Gasteiger partial charge < -0.3 is 5.32 Å². The van der Waals surface area contributed by atoms with Gasteiger partial charge in [0.25, 0.3) is 5.91 Å². The van der Waals surface area contributed by atoms with Crippen LogP contribution in [0.5, 0.6) is 0 Å². The molecule has 0 aliphatic rings. The van der Waals surface area contributed by atoms with Crippen LogP contribution in [-0.4, -0.2) is 15.7 Å². The molecule has 0 aliphatic carbocycles. The molecule has 0 radical (unpaired) electrons. The van der Waals surface area contributed by atoms with E-state index in [1.54, 1.807) is 12.1 Å². The van der Waals surface area contributed by atoms with Crippen LogP contribution < -0.4 is 5.32 Å². The van der Waals surface area contributed by atoms with E-state index < -0.39 is 5.91 Å². The molecule has 3 rings (SSSR count). The molecular weight excluding hydrogens is 384 g/mol. The number of nitriles is 1. The fraction of sp³-hybridized carbons (Fsp3) is 0.174. The van der Waals surface area contributed by atoms with Crippen molar-refractivity contribution in [2.24, 2.45) is 0 Å². The summed E-state index contributed by atoms with van der Waals surface area (Å²) in [6.07, 6.45) is 1.59. The first-order chi connectivity index (χ1) is 13.9. The Balaban J connectivity index is 1.88. The van der Waals surface area contributed by atoms with Crippen LogP contribution in [0.2, 0.25) is 5.02 Å². The number of carbonyl (C=O) groups excluding carboxylic acids is 1. The van der Waals surface area contributed by atoms with Gasteiger partial charge in [0.1, 0.15) is 11.6 Å². The zero-order valence-corrected chi connectivity index (χ0v) is 17.3. The first-order valence-corrected chi connectivity index (χ1v) is 9.54. The lowest BCUT2D eigenvalue weighted by Gasteiger charge is -2.07. The number of carbonyl (C=O) groups is 1. The number of hydrogen-bond acceptors (Lipinski definition) is 3. The average molecular weight is 405 g/mol.